The van der Waals surface area contributed by atoms with Crippen LogP contribution in [-0.4, -0.2) is 22.8 Å². The minimum Gasteiger partial charge on any atom is -0.454 e. The molecule has 2 aromatic carbocycles. The Kier molecular flexibility index (Phi) is 4.55. The number of nitrogens with one attached hydrogen (secondary N) is 1. The van der Waals surface area contributed by atoms with Gasteiger partial charge in [0.1, 0.15) is 11.3 Å². The zero-order valence-electron chi connectivity index (χ0n) is 14.6. The summed E-state index contributed by atoms with van der Waals surface area (Å²) < 4.78 is 7.72. The highest BCUT2D eigenvalue weighted by molar-refractivity contribution is 5.92. The fraction of sp³-hybridized carbons (Fsp3) is 0.0476. The number of aromatic nitrogens is 2. The Morgan fingerprint density at radius 3 is 2.70 bits per heavy atom. The van der Waals surface area contributed by atoms with Gasteiger partial charge in [-0.15, -0.1) is 0 Å². The number of hydroxylamine groups is 1. The number of para-hydroxylation sites is 2. The Hall–Kier alpha value is -3.64. The van der Waals surface area contributed by atoms with Gasteiger partial charge in [-0.1, -0.05) is 36.4 Å². The Morgan fingerprint density at radius 2 is 1.93 bits per heavy atom. The molecule has 0 atom stereocenters. The third kappa shape index (κ3) is 3.51. The molecule has 6 nitrogen and oxygen atoms in total. The molecule has 0 unspecified atom stereocenters. The van der Waals surface area contributed by atoms with Crippen LogP contribution >= 0.6 is 0 Å². The maximum atomic E-state index is 11.7. The van der Waals surface area contributed by atoms with E-state index in [-0.39, 0.29) is 5.91 Å². The van der Waals surface area contributed by atoms with E-state index in [1.54, 1.807) is 10.8 Å². The van der Waals surface area contributed by atoms with Gasteiger partial charge >= 0.3 is 0 Å². The summed E-state index contributed by atoms with van der Waals surface area (Å²) in [7, 11) is 1.39. The molecule has 0 radical (unpaired) electrons. The molecular formula is C21H17N3O3. The first-order valence-electron chi connectivity index (χ1n) is 8.39. The first kappa shape index (κ1) is 16.8. The average Bonchev–Trinajstić information content (AvgIpc) is 3.31. The summed E-state index contributed by atoms with van der Waals surface area (Å²) in [5, 5.41) is 5.67. The molecule has 0 aliphatic rings. The fourth-order valence-electron chi connectivity index (χ4n) is 2.81. The molecule has 0 saturated heterocycles. The van der Waals surface area contributed by atoms with Crippen LogP contribution in [0.5, 0.6) is 0 Å². The summed E-state index contributed by atoms with van der Waals surface area (Å²) in [6, 6.07) is 19.5. The van der Waals surface area contributed by atoms with Gasteiger partial charge < -0.3 is 4.42 Å². The molecule has 4 rings (SSSR count). The summed E-state index contributed by atoms with van der Waals surface area (Å²) in [4.78, 5) is 16.3. The van der Waals surface area contributed by atoms with Crippen LogP contribution in [0.2, 0.25) is 0 Å². The number of nitrogens with zero attached hydrogens (tertiary/aromatic N) is 2. The van der Waals surface area contributed by atoms with Crippen LogP contribution in [0.3, 0.4) is 0 Å². The molecular weight excluding hydrogens is 342 g/mol. The van der Waals surface area contributed by atoms with Gasteiger partial charge in [0.15, 0.2) is 5.76 Å². The lowest BCUT2D eigenvalue weighted by Gasteiger charge is -1.98. The van der Waals surface area contributed by atoms with Gasteiger partial charge in [-0.05, 0) is 30.3 Å². The highest BCUT2D eigenvalue weighted by Gasteiger charge is 2.15. The largest absolute Gasteiger partial charge is 0.454 e. The van der Waals surface area contributed by atoms with Crippen LogP contribution in [0.4, 0.5) is 0 Å². The van der Waals surface area contributed by atoms with Crippen LogP contribution in [0.25, 0.3) is 34.2 Å². The van der Waals surface area contributed by atoms with Crippen LogP contribution in [0.1, 0.15) is 5.56 Å². The predicted molar refractivity (Wildman–Crippen MR) is 103 cm³/mol. The van der Waals surface area contributed by atoms with E-state index in [9.17, 15) is 4.79 Å². The molecule has 1 N–H and O–H groups in total. The summed E-state index contributed by atoms with van der Waals surface area (Å²) >= 11 is 0. The van der Waals surface area contributed by atoms with Gasteiger partial charge in [0, 0.05) is 23.2 Å². The minimum atomic E-state index is -0.361. The third-order valence-corrected chi connectivity index (χ3v) is 4.04. The van der Waals surface area contributed by atoms with Gasteiger partial charge in [-0.3, -0.25) is 9.63 Å². The molecule has 0 spiro atoms. The maximum Gasteiger partial charge on any atom is 0.267 e. The number of benzene rings is 2. The van der Waals surface area contributed by atoms with E-state index in [1.807, 2.05) is 66.9 Å². The van der Waals surface area contributed by atoms with E-state index in [2.05, 4.69) is 15.4 Å². The van der Waals surface area contributed by atoms with Crippen molar-refractivity contribution < 1.29 is 14.0 Å². The van der Waals surface area contributed by atoms with E-state index in [4.69, 9.17) is 4.42 Å². The maximum absolute atomic E-state index is 11.7. The van der Waals surface area contributed by atoms with Crippen LogP contribution in [0, 0.1) is 0 Å². The highest BCUT2D eigenvalue weighted by atomic mass is 16.6. The topological polar surface area (TPSA) is 69.3 Å². The minimum absolute atomic E-state index is 0.361. The molecule has 0 aliphatic carbocycles. The van der Waals surface area contributed by atoms with Gasteiger partial charge in [-0.25, -0.2) is 10.2 Å². The third-order valence-electron chi connectivity index (χ3n) is 4.04. The Morgan fingerprint density at radius 1 is 1.15 bits per heavy atom. The molecule has 0 bridgehead atoms. The number of hydrogen-bond donors (Lipinski definition) is 1. The lowest BCUT2D eigenvalue weighted by molar-refractivity contribution is -0.126. The van der Waals surface area contributed by atoms with Crippen LogP contribution < -0.4 is 5.48 Å². The number of fused-ring (bicyclic) bond motifs is 1. The number of furan rings is 1. The van der Waals surface area contributed by atoms with Crippen molar-refractivity contribution in [2.45, 2.75) is 0 Å². The monoisotopic (exact) mass is 359 g/mol. The van der Waals surface area contributed by atoms with E-state index < -0.39 is 0 Å². The molecule has 0 fully saturated rings. The average molecular weight is 359 g/mol. The van der Waals surface area contributed by atoms with Crippen molar-refractivity contribution in [3.8, 4) is 17.1 Å². The lowest BCUT2D eigenvalue weighted by atomic mass is 10.2. The predicted octanol–water partition coefficient (Wildman–Crippen LogP) is 3.98. The zero-order chi connectivity index (χ0) is 18.6. The molecule has 27 heavy (non-hydrogen) atoms. The molecule has 0 saturated carbocycles. The van der Waals surface area contributed by atoms with Crippen molar-refractivity contribution in [1.29, 1.82) is 0 Å². The molecule has 4 aromatic rings. The number of hydrogen-bond acceptors (Lipinski definition) is 4. The Balaban J connectivity index is 1.80. The van der Waals surface area contributed by atoms with Crippen LogP contribution in [-0.2, 0) is 9.63 Å². The zero-order valence-corrected chi connectivity index (χ0v) is 14.6. The SMILES string of the molecule is CONC(=O)/C=C/c1cn(-c2ccccc2)nc1-c1cc2ccccc2o1. The number of amides is 1. The van der Waals surface area contributed by atoms with E-state index >= 15 is 0 Å². The molecule has 1 amide bonds. The van der Waals surface area contributed by atoms with Crippen LogP contribution in [0.15, 0.2) is 77.4 Å². The van der Waals surface area contributed by atoms with E-state index in [1.165, 1.54) is 13.2 Å². The van der Waals surface area contributed by atoms with Gasteiger partial charge in [0.25, 0.3) is 5.91 Å². The standard InChI is InChI=1S/C21H17N3O3/c1-26-23-20(25)12-11-16-14-24(17-8-3-2-4-9-17)22-21(16)19-13-15-7-5-6-10-18(15)27-19/h2-14H,1H3,(H,23,25)/b12-11+. The Labute approximate surface area is 155 Å². The highest BCUT2D eigenvalue weighted by Crippen LogP contribution is 2.30. The first-order chi connectivity index (χ1) is 13.2. The van der Waals surface area contributed by atoms with Crippen molar-refractivity contribution in [3.63, 3.8) is 0 Å². The van der Waals surface area contributed by atoms with Gasteiger partial charge in [0.05, 0.1) is 12.8 Å². The number of rotatable bonds is 5. The van der Waals surface area contributed by atoms with Crippen molar-refractivity contribution >= 4 is 23.0 Å². The lowest BCUT2D eigenvalue weighted by Crippen LogP contribution is -2.18. The second-order valence-corrected chi connectivity index (χ2v) is 5.87. The summed E-state index contributed by atoms with van der Waals surface area (Å²) in [6.45, 7) is 0. The quantitative estimate of drug-likeness (QED) is 0.432. The van der Waals surface area contributed by atoms with E-state index in [0.717, 1.165) is 22.2 Å². The smallest absolute Gasteiger partial charge is 0.267 e. The first-order valence-corrected chi connectivity index (χ1v) is 8.39. The summed E-state index contributed by atoms with van der Waals surface area (Å²) in [5.41, 5.74) is 5.36. The molecule has 6 heteroatoms. The molecule has 134 valence electrons. The molecule has 2 aromatic heterocycles. The van der Waals surface area contributed by atoms with Crippen molar-refractivity contribution in [2.75, 3.05) is 7.11 Å². The number of carbonyl (C=O) groups excluding carboxylic acids is 1. The van der Waals surface area contributed by atoms with Crippen molar-refractivity contribution in [1.82, 2.24) is 15.3 Å². The number of carbonyl (C=O) groups is 1. The van der Waals surface area contributed by atoms with E-state index in [0.29, 0.717) is 11.5 Å². The summed E-state index contributed by atoms with van der Waals surface area (Å²) in [6.07, 6.45) is 4.93. The van der Waals surface area contributed by atoms with Crippen molar-refractivity contribution in [2.24, 2.45) is 0 Å². The van der Waals surface area contributed by atoms with Crippen molar-refractivity contribution in [3.05, 3.63) is 78.5 Å². The molecule has 2 heterocycles. The van der Waals surface area contributed by atoms with Gasteiger partial charge in [0.2, 0.25) is 0 Å². The molecule has 0 aliphatic heterocycles. The normalized spacial score (nSPS) is 11.3. The fourth-order valence-corrected chi connectivity index (χ4v) is 2.81. The second kappa shape index (κ2) is 7.31. The second-order valence-electron chi connectivity index (χ2n) is 5.87. The van der Waals surface area contributed by atoms with Gasteiger partial charge in [-0.2, -0.15) is 5.10 Å². The summed E-state index contributed by atoms with van der Waals surface area (Å²) in [5.74, 6) is 0.276. The Bertz CT molecular complexity index is 1080.